The number of nitrogens with zero attached hydrogens (tertiary/aromatic N) is 2. The number of aromatic nitrogens is 1. The molecule has 1 heterocycles. The molecular weight excluding hydrogens is 277 g/mol. The van der Waals surface area contributed by atoms with E-state index in [0.29, 0.717) is 23.4 Å². The van der Waals surface area contributed by atoms with Gasteiger partial charge in [-0.2, -0.15) is 0 Å². The Labute approximate surface area is 122 Å². The van der Waals surface area contributed by atoms with Gasteiger partial charge in [0.2, 0.25) is 0 Å². The zero-order valence-electron chi connectivity index (χ0n) is 10.9. The Kier molecular flexibility index (Phi) is 3.49. The predicted molar refractivity (Wildman–Crippen MR) is 79.3 cm³/mol. The lowest BCUT2D eigenvalue weighted by Crippen LogP contribution is -2.27. The number of hydrogen-bond donors (Lipinski definition) is 1. The van der Waals surface area contributed by atoms with Crippen molar-refractivity contribution in [1.82, 2.24) is 4.98 Å². The second-order valence-electron chi connectivity index (χ2n) is 5.06. The van der Waals surface area contributed by atoms with E-state index in [0.717, 1.165) is 24.1 Å². The SMILES string of the molecule is Nc1ccc(CN(c2ncc(Cl)cc2F)C2CC2)cc1. The summed E-state index contributed by atoms with van der Waals surface area (Å²) in [5, 5.41) is 0.314. The highest BCUT2D eigenvalue weighted by Crippen LogP contribution is 2.33. The molecule has 5 heteroatoms. The van der Waals surface area contributed by atoms with Gasteiger partial charge in [0.1, 0.15) is 0 Å². The third-order valence-corrected chi connectivity index (χ3v) is 3.59. The minimum atomic E-state index is -0.375. The van der Waals surface area contributed by atoms with Gasteiger partial charge in [-0.15, -0.1) is 0 Å². The van der Waals surface area contributed by atoms with Gasteiger partial charge < -0.3 is 10.6 Å². The maximum Gasteiger partial charge on any atom is 0.167 e. The number of nitrogen functional groups attached to an aromatic ring is 1. The number of hydrogen-bond acceptors (Lipinski definition) is 3. The van der Waals surface area contributed by atoms with Gasteiger partial charge in [-0.1, -0.05) is 23.7 Å². The lowest BCUT2D eigenvalue weighted by Gasteiger charge is -2.24. The first-order valence-electron chi connectivity index (χ1n) is 6.55. The van der Waals surface area contributed by atoms with Crippen LogP contribution in [0.25, 0.3) is 0 Å². The first-order chi connectivity index (χ1) is 9.63. The second kappa shape index (κ2) is 5.29. The van der Waals surface area contributed by atoms with Crippen molar-refractivity contribution < 1.29 is 4.39 Å². The molecule has 3 nitrogen and oxygen atoms in total. The quantitative estimate of drug-likeness (QED) is 0.875. The largest absolute Gasteiger partial charge is 0.399 e. The van der Waals surface area contributed by atoms with Gasteiger partial charge in [-0.25, -0.2) is 9.37 Å². The van der Waals surface area contributed by atoms with Crippen LogP contribution in [0.1, 0.15) is 18.4 Å². The molecule has 20 heavy (non-hydrogen) atoms. The highest BCUT2D eigenvalue weighted by atomic mass is 35.5. The van der Waals surface area contributed by atoms with Crippen LogP contribution < -0.4 is 10.6 Å². The lowest BCUT2D eigenvalue weighted by atomic mass is 10.2. The van der Waals surface area contributed by atoms with Crippen LogP contribution in [-0.4, -0.2) is 11.0 Å². The van der Waals surface area contributed by atoms with Gasteiger partial charge in [0, 0.05) is 24.5 Å². The molecule has 1 aromatic carbocycles. The smallest absolute Gasteiger partial charge is 0.167 e. The number of pyridine rings is 1. The van der Waals surface area contributed by atoms with E-state index in [-0.39, 0.29) is 5.82 Å². The molecule has 0 radical (unpaired) electrons. The summed E-state index contributed by atoms with van der Waals surface area (Å²) in [6.45, 7) is 0.622. The van der Waals surface area contributed by atoms with Crippen LogP contribution in [-0.2, 0) is 6.54 Å². The second-order valence-corrected chi connectivity index (χ2v) is 5.50. The Balaban J connectivity index is 1.87. The first-order valence-corrected chi connectivity index (χ1v) is 6.93. The maximum atomic E-state index is 14.0. The van der Waals surface area contributed by atoms with Crippen LogP contribution in [0.3, 0.4) is 0 Å². The van der Waals surface area contributed by atoms with E-state index in [1.807, 2.05) is 29.2 Å². The zero-order chi connectivity index (χ0) is 14.1. The molecule has 0 saturated heterocycles. The van der Waals surface area contributed by atoms with Crippen molar-refractivity contribution in [3.05, 3.63) is 52.9 Å². The van der Waals surface area contributed by atoms with Crippen LogP contribution in [0.5, 0.6) is 0 Å². The predicted octanol–water partition coefficient (Wildman–Crippen LogP) is 3.63. The number of nitrogens with two attached hydrogens (primary N) is 1. The molecule has 2 aromatic rings. The molecule has 1 aromatic heterocycles. The van der Waals surface area contributed by atoms with Crippen molar-refractivity contribution in [2.45, 2.75) is 25.4 Å². The van der Waals surface area contributed by atoms with Crippen LogP contribution in [0.4, 0.5) is 15.9 Å². The van der Waals surface area contributed by atoms with E-state index < -0.39 is 0 Å². The van der Waals surface area contributed by atoms with E-state index in [2.05, 4.69) is 4.98 Å². The summed E-state index contributed by atoms with van der Waals surface area (Å²) in [5.74, 6) is -0.00595. The van der Waals surface area contributed by atoms with Crippen molar-refractivity contribution in [3.63, 3.8) is 0 Å². The summed E-state index contributed by atoms with van der Waals surface area (Å²) in [4.78, 5) is 6.14. The monoisotopic (exact) mass is 291 g/mol. The van der Waals surface area contributed by atoms with Gasteiger partial charge in [0.05, 0.1) is 5.02 Å². The van der Waals surface area contributed by atoms with E-state index in [1.165, 1.54) is 12.3 Å². The van der Waals surface area contributed by atoms with Crippen molar-refractivity contribution in [2.24, 2.45) is 0 Å². The summed E-state index contributed by atoms with van der Waals surface area (Å²) in [6, 6.07) is 9.29. The third-order valence-electron chi connectivity index (χ3n) is 3.38. The molecule has 1 saturated carbocycles. The molecular formula is C15H15ClFN3. The molecule has 1 aliphatic carbocycles. The van der Waals surface area contributed by atoms with E-state index in [4.69, 9.17) is 17.3 Å². The van der Waals surface area contributed by atoms with Gasteiger partial charge in [-0.05, 0) is 36.6 Å². The van der Waals surface area contributed by atoms with E-state index >= 15 is 0 Å². The fourth-order valence-electron chi connectivity index (χ4n) is 2.20. The Morgan fingerprint density at radius 2 is 2.00 bits per heavy atom. The number of rotatable bonds is 4. The summed E-state index contributed by atoms with van der Waals surface area (Å²) in [5.41, 5.74) is 7.49. The Bertz CT molecular complexity index is 611. The van der Waals surface area contributed by atoms with Gasteiger partial charge in [0.15, 0.2) is 11.6 Å². The van der Waals surface area contributed by atoms with Gasteiger partial charge in [-0.3, -0.25) is 0 Å². The Morgan fingerprint density at radius 3 is 2.60 bits per heavy atom. The van der Waals surface area contributed by atoms with Crippen LogP contribution in [0.15, 0.2) is 36.5 Å². The topological polar surface area (TPSA) is 42.1 Å². The van der Waals surface area contributed by atoms with E-state index in [1.54, 1.807) is 0 Å². The fraction of sp³-hybridized carbons (Fsp3) is 0.267. The lowest BCUT2D eigenvalue weighted by molar-refractivity contribution is 0.606. The molecule has 0 amide bonds. The minimum Gasteiger partial charge on any atom is -0.399 e. The Hall–Kier alpha value is -1.81. The van der Waals surface area contributed by atoms with Crippen molar-refractivity contribution in [2.75, 3.05) is 10.6 Å². The highest BCUT2D eigenvalue weighted by Gasteiger charge is 2.31. The van der Waals surface area contributed by atoms with Crippen LogP contribution >= 0.6 is 11.6 Å². The number of benzene rings is 1. The summed E-state index contributed by atoms with van der Waals surface area (Å²) < 4.78 is 14.0. The molecule has 104 valence electrons. The molecule has 0 aliphatic heterocycles. The zero-order valence-corrected chi connectivity index (χ0v) is 11.6. The van der Waals surface area contributed by atoms with E-state index in [9.17, 15) is 4.39 Å². The average Bonchev–Trinajstić information content (AvgIpc) is 3.23. The van der Waals surface area contributed by atoms with Crippen molar-refractivity contribution >= 4 is 23.1 Å². The molecule has 0 bridgehead atoms. The molecule has 1 aliphatic rings. The molecule has 2 N–H and O–H groups in total. The average molecular weight is 292 g/mol. The van der Waals surface area contributed by atoms with Gasteiger partial charge in [0.25, 0.3) is 0 Å². The third kappa shape index (κ3) is 2.85. The van der Waals surface area contributed by atoms with Crippen LogP contribution in [0.2, 0.25) is 5.02 Å². The molecule has 0 spiro atoms. The first kappa shape index (κ1) is 13.2. The Morgan fingerprint density at radius 1 is 1.30 bits per heavy atom. The summed E-state index contributed by atoms with van der Waals surface area (Å²) >= 11 is 5.76. The summed E-state index contributed by atoms with van der Waals surface area (Å²) in [7, 11) is 0. The molecule has 3 rings (SSSR count). The molecule has 1 fully saturated rings. The minimum absolute atomic E-state index is 0.314. The number of halogens is 2. The molecule has 0 unspecified atom stereocenters. The number of anilines is 2. The van der Waals surface area contributed by atoms with Gasteiger partial charge >= 0.3 is 0 Å². The van der Waals surface area contributed by atoms with Crippen molar-refractivity contribution in [3.8, 4) is 0 Å². The summed E-state index contributed by atoms with van der Waals surface area (Å²) in [6.07, 6.45) is 3.62. The fourth-order valence-corrected chi connectivity index (χ4v) is 2.35. The molecule has 0 atom stereocenters. The van der Waals surface area contributed by atoms with Crippen LogP contribution in [0, 0.1) is 5.82 Å². The highest BCUT2D eigenvalue weighted by molar-refractivity contribution is 6.30. The normalized spacial score (nSPS) is 14.3. The maximum absolute atomic E-state index is 14.0. The van der Waals surface area contributed by atoms with Crippen molar-refractivity contribution in [1.29, 1.82) is 0 Å². The standard InChI is InChI=1S/C15H15ClFN3/c16-11-7-14(17)15(19-8-11)20(13-5-6-13)9-10-1-3-12(18)4-2-10/h1-4,7-8,13H,5-6,9,18H2.